The zero-order chi connectivity index (χ0) is 23.4. The fourth-order valence-corrected chi connectivity index (χ4v) is 3.42. The van der Waals surface area contributed by atoms with Crippen LogP contribution in [-0.4, -0.2) is 37.8 Å². The van der Waals surface area contributed by atoms with Crippen molar-refractivity contribution in [3.63, 3.8) is 0 Å². The number of rotatable bonds is 7. The van der Waals surface area contributed by atoms with Crippen LogP contribution in [0.15, 0.2) is 60.7 Å². The van der Waals surface area contributed by atoms with Crippen molar-refractivity contribution >= 4 is 40.4 Å². The molecule has 0 aliphatic heterocycles. The van der Waals surface area contributed by atoms with Crippen LogP contribution in [0.4, 0.5) is 17.1 Å². The van der Waals surface area contributed by atoms with Gasteiger partial charge in [-0.15, -0.1) is 0 Å². The molecule has 0 aliphatic rings. The van der Waals surface area contributed by atoms with E-state index in [0.29, 0.717) is 22.1 Å². The standard InChI is InChI=1S/C23H20ClN3O5/c1-26(2)19-10-8-14(12-20(19)27(30)31)22(28)16-6-4-5-7-17(16)23(29)25-15-9-11-21(32-3)18(24)13-15/h4-13H,1-3H3,(H,25,29). The van der Waals surface area contributed by atoms with Crippen molar-refractivity contribution in [1.29, 1.82) is 0 Å². The lowest BCUT2D eigenvalue weighted by atomic mass is 9.97. The maximum Gasteiger partial charge on any atom is 0.293 e. The number of halogens is 1. The minimum absolute atomic E-state index is 0.107. The third kappa shape index (κ3) is 4.70. The molecule has 1 amide bonds. The maximum absolute atomic E-state index is 13.2. The summed E-state index contributed by atoms with van der Waals surface area (Å²) in [5.74, 6) is -0.561. The molecule has 0 unspecified atom stereocenters. The number of ether oxygens (including phenoxy) is 1. The minimum atomic E-state index is -0.544. The molecule has 9 heteroatoms. The maximum atomic E-state index is 13.2. The van der Waals surface area contributed by atoms with Gasteiger partial charge in [0.15, 0.2) is 5.78 Å². The van der Waals surface area contributed by atoms with Gasteiger partial charge in [-0.2, -0.15) is 0 Å². The molecule has 0 saturated heterocycles. The van der Waals surface area contributed by atoms with Gasteiger partial charge in [0.2, 0.25) is 0 Å². The number of nitro benzene ring substituents is 1. The molecule has 32 heavy (non-hydrogen) atoms. The van der Waals surface area contributed by atoms with Crippen molar-refractivity contribution in [3.05, 3.63) is 92.5 Å². The van der Waals surface area contributed by atoms with E-state index in [0.717, 1.165) is 0 Å². The number of hydrogen-bond acceptors (Lipinski definition) is 6. The number of carbonyl (C=O) groups is 2. The molecule has 0 bridgehead atoms. The van der Waals surface area contributed by atoms with E-state index in [4.69, 9.17) is 16.3 Å². The van der Waals surface area contributed by atoms with Crippen LogP contribution in [0.1, 0.15) is 26.3 Å². The zero-order valence-electron chi connectivity index (χ0n) is 17.6. The Morgan fingerprint density at radius 2 is 1.72 bits per heavy atom. The van der Waals surface area contributed by atoms with Gasteiger partial charge < -0.3 is 15.0 Å². The normalized spacial score (nSPS) is 10.4. The third-order valence-electron chi connectivity index (χ3n) is 4.74. The van der Waals surface area contributed by atoms with E-state index in [1.54, 1.807) is 43.3 Å². The lowest BCUT2D eigenvalue weighted by Crippen LogP contribution is -2.17. The fraction of sp³-hybridized carbons (Fsp3) is 0.130. The van der Waals surface area contributed by atoms with Crippen LogP contribution in [-0.2, 0) is 0 Å². The van der Waals surface area contributed by atoms with Gasteiger partial charge in [-0.1, -0.05) is 29.8 Å². The Kier molecular flexibility index (Phi) is 6.75. The highest BCUT2D eigenvalue weighted by atomic mass is 35.5. The summed E-state index contributed by atoms with van der Waals surface area (Å²) >= 11 is 6.11. The molecular weight excluding hydrogens is 434 g/mol. The van der Waals surface area contributed by atoms with Crippen molar-refractivity contribution in [3.8, 4) is 5.75 Å². The predicted octanol–water partition coefficient (Wildman–Crippen LogP) is 4.81. The van der Waals surface area contributed by atoms with Gasteiger partial charge in [-0.3, -0.25) is 19.7 Å². The Hall–Kier alpha value is -3.91. The quantitative estimate of drug-likeness (QED) is 0.313. The van der Waals surface area contributed by atoms with Crippen LogP contribution in [0.5, 0.6) is 5.75 Å². The van der Waals surface area contributed by atoms with E-state index in [2.05, 4.69) is 5.32 Å². The topological polar surface area (TPSA) is 102 Å². The van der Waals surface area contributed by atoms with Crippen LogP contribution >= 0.6 is 11.6 Å². The van der Waals surface area contributed by atoms with Gasteiger partial charge >= 0.3 is 0 Å². The Bertz CT molecular complexity index is 1210. The number of anilines is 2. The Balaban J connectivity index is 1.95. The first-order chi connectivity index (χ1) is 15.2. The monoisotopic (exact) mass is 453 g/mol. The van der Waals surface area contributed by atoms with Gasteiger partial charge in [0.25, 0.3) is 11.6 Å². The van der Waals surface area contributed by atoms with Crippen molar-refractivity contribution in [2.45, 2.75) is 0 Å². The van der Waals surface area contributed by atoms with E-state index in [1.165, 1.54) is 43.5 Å². The molecule has 0 aromatic heterocycles. The minimum Gasteiger partial charge on any atom is -0.495 e. The van der Waals surface area contributed by atoms with Crippen LogP contribution in [0.3, 0.4) is 0 Å². The van der Waals surface area contributed by atoms with Gasteiger partial charge in [0.1, 0.15) is 11.4 Å². The second-order valence-corrected chi connectivity index (χ2v) is 7.44. The smallest absolute Gasteiger partial charge is 0.293 e. The third-order valence-corrected chi connectivity index (χ3v) is 5.04. The van der Waals surface area contributed by atoms with Crippen LogP contribution in [0.2, 0.25) is 5.02 Å². The van der Waals surface area contributed by atoms with E-state index >= 15 is 0 Å². The van der Waals surface area contributed by atoms with Gasteiger partial charge in [0, 0.05) is 37.0 Å². The second-order valence-electron chi connectivity index (χ2n) is 7.03. The lowest BCUT2D eigenvalue weighted by molar-refractivity contribution is -0.384. The van der Waals surface area contributed by atoms with Crippen molar-refractivity contribution in [1.82, 2.24) is 0 Å². The first-order valence-corrected chi connectivity index (χ1v) is 9.85. The number of hydrogen-bond donors (Lipinski definition) is 1. The average Bonchev–Trinajstić information content (AvgIpc) is 2.78. The number of ketones is 1. The summed E-state index contributed by atoms with van der Waals surface area (Å²) in [5, 5.41) is 14.5. The molecule has 0 fully saturated rings. The van der Waals surface area contributed by atoms with E-state index in [9.17, 15) is 19.7 Å². The first kappa shape index (κ1) is 22.8. The molecule has 0 aliphatic carbocycles. The summed E-state index contributed by atoms with van der Waals surface area (Å²) in [6, 6.07) is 15.3. The molecule has 3 aromatic rings. The van der Waals surface area contributed by atoms with Crippen molar-refractivity contribution in [2.24, 2.45) is 0 Å². The Labute approximate surface area is 189 Å². The summed E-state index contributed by atoms with van der Waals surface area (Å²) in [5.41, 5.74) is 0.953. The van der Waals surface area contributed by atoms with Gasteiger partial charge in [0.05, 0.1) is 22.6 Å². The van der Waals surface area contributed by atoms with Gasteiger partial charge in [-0.25, -0.2) is 0 Å². The highest BCUT2D eigenvalue weighted by Gasteiger charge is 2.23. The Morgan fingerprint density at radius 3 is 2.31 bits per heavy atom. The SMILES string of the molecule is COc1ccc(NC(=O)c2ccccc2C(=O)c2ccc(N(C)C)c([N+](=O)[O-])c2)cc1Cl. The molecule has 3 aromatic carbocycles. The van der Waals surface area contributed by atoms with Crippen LogP contribution in [0, 0.1) is 10.1 Å². The summed E-state index contributed by atoms with van der Waals surface area (Å²) in [7, 11) is 4.83. The van der Waals surface area contributed by atoms with E-state index < -0.39 is 16.6 Å². The van der Waals surface area contributed by atoms with Gasteiger partial charge in [-0.05, 0) is 36.4 Å². The molecule has 8 nitrogen and oxygen atoms in total. The highest BCUT2D eigenvalue weighted by molar-refractivity contribution is 6.32. The predicted molar refractivity (Wildman–Crippen MR) is 123 cm³/mol. The molecule has 0 heterocycles. The molecule has 3 rings (SSSR count). The molecule has 1 N–H and O–H groups in total. The molecule has 0 saturated carbocycles. The lowest BCUT2D eigenvalue weighted by Gasteiger charge is -2.14. The number of nitro groups is 1. The summed E-state index contributed by atoms with van der Waals surface area (Å²) < 4.78 is 5.10. The number of amides is 1. The van der Waals surface area contributed by atoms with Crippen molar-refractivity contribution in [2.75, 3.05) is 31.4 Å². The number of nitrogens with one attached hydrogen (secondary N) is 1. The molecule has 0 spiro atoms. The summed E-state index contributed by atoms with van der Waals surface area (Å²) in [6.07, 6.45) is 0. The number of nitrogens with zero attached hydrogens (tertiary/aromatic N) is 2. The summed E-state index contributed by atoms with van der Waals surface area (Å²) in [6.45, 7) is 0. The molecular formula is C23H20ClN3O5. The van der Waals surface area contributed by atoms with E-state index in [1.807, 2.05) is 0 Å². The number of carbonyl (C=O) groups excluding carboxylic acids is 2. The highest BCUT2D eigenvalue weighted by Crippen LogP contribution is 2.30. The average molecular weight is 454 g/mol. The van der Waals surface area contributed by atoms with Crippen molar-refractivity contribution < 1.29 is 19.2 Å². The molecule has 164 valence electrons. The molecule has 0 radical (unpaired) electrons. The zero-order valence-corrected chi connectivity index (χ0v) is 18.3. The number of methoxy groups -OCH3 is 1. The molecule has 0 atom stereocenters. The Morgan fingerprint density at radius 1 is 1.03 bits per heavy atom. The first-order valence-electron chi connectivity index (χ1n) is 9.47. The number of benzene rings is 3. The van der Waals surface area contributed by atoms with Crippen LogP contribution in [0.25, 0.3) is 0 Å². The largest absolute Gasteiger partial charge is 0.495 e. The fourth-order valence-electron chi connectivity index (χ4n) is 3.17. The van der Waals surface area contributed by atoms with E-state index in [-0.39, 0.29) is 22.4 Å². The van der Waals surface area contributed by atoms with Crippen LogP contribution < -0.4 is 15.0 Å². The second kappa shape index (κ2) is 9.49. The summed E-state index contributed by atoms with van der Waals surface area (Å²) in [4.78, 5) is 38.6.